The predicted octanol–water partition coefficient (Wildman–Crippen LogP) is 4.03. The van der Waals surface area contributed by atoms with E-state index in [1.807, 2.05) is 38.4 Å². The molecular weight excluding hydrogens is 334 g/mol. The number of carbonyl (C=O) groups is 1. The van der Waals surface area contributed by atoms with Crippen LogP contribution < -0.4 is 10.3 Å². The third kappa shape index (κ3) is 3.48. The van der Waals surface area contributed by atoms with Gasteiger partial charge in [0.15, 0.2) is 0 Å². The van der Waals surface area contributed by atoms with Crippen molar-refractivity contribution in [3.63, 3.8) is 0 Å². The summed E-state index contributed by atoms with van der Waals surface area (Å²) in [4.78, 5) is 14.8. The molecule has 4 rings (SSSR count). The van der Waals surface area contributed by atoms with E-state index in [2.05, 4.69) is 45.8 Å². The third-order valence-electron chi connectivity index (χ3n) is 6.21. The summed E-state index contributed by atoms with van der Waals surface area (Å²) in [6.45, 7) is 0. The van der Waals surface area contributed by atoms with Gasteiger partial charge in [0.2, 0.25) is 5.91 Å². The second kappa shape index (κ2) is 7.55. The van der Waals surface area contributed by atoms with E-state index in [4.69, 9.17) is 0 Å². The van der Waals surface area contributed by atoms with Gasteiger partial charge in [-0.1, -0.05) is 48.9 Å². The highest BCUT2D eigenvalue weighted by Gasteiger charge is 2.55. The fourth-order valence-corrected chi connectivity index (χ4v) is 4.91. The van der Waals surface area contributed by atoms with Crippen LogP contribution in [0.3, 0.4) is 0 Å². The molecule has 1 N–H and O–H groups in total. The van der Waals surface area contributed by atoms with Crippen molar-refractivity contribution in [3.8, 4) is 0 Å². The molecule has 27 heavy (non-hydrogen) atoms. The number of hydrazone groups is 1. The summed E-state index contributed by atoms with van der Waals surface area (Å²) in [7, 11) is 4.03. The summed E-state index contributed by atoms with van der Waals surface area (Å²) in [5, 5.41) is 4.21. The fourth-order valence-electron chi connectivity index (χ4n) is 4.91. The van der Waals surface area contributed by atoms with Gasteiger partial charge in [-0.15, -0.1) is 0 Å². The maximum atomic E-state index is 12.7. The maximum absolute atomic E-state index is 12.7. The second-order valence-corrected chi connectivity index (χ2v) is 7.94. The average molecular weight is 361 g/mol. The number of hydrogen-bond acceptors (Lipinski definition) is 3. The Morgan fingerprint density at radius 1 is 1.04 bits per heavy atom. The molecule has 4 nitrogen and oxygen atoms in total. The van der Waals surface area contributed by atoms with E-state index in [1.165, 1.54) is 12.0 Å². The Morgan fingerprint density at radius 2 is 1.70 bits per heavy atom. The molecule has 0 heterocycles. The van der Waals surface area contributed by atoms with Crippen LogP contribution in [0, 0.1) is 17.8 Å². The molecule has 140 valence electrons. The molecule has 2 fully saturated rings. The van der Waals surface area contributed by atoms with E-state index in [-0.39, 0.29) is 11.8 Å². The summed E-state index contributed by atoms with van der Waals surface area (Å²) in [6.07, 6.45) is 5.25. The SMILES string of the molecule is CN(C)c1ccc(/C=N\NC(=O)C2[C@H]3CCC[C@H]2C3c2ccccc2)cc1. The van der Waals surface area contributed by atoms with Gasteiger partial charge in [0, 0.05) is 25.7 Å². The maximum Gasteiger partial charge on any atom is 0.243 e. The minimum atomic E-state index is 0.0815. The standard InChI is InChI=1S/C23H27N3O/c1-26(2)18-13-11-16(12-14-18)15-24-25-23(27)22-19-9-6-10-20(22)21(19)17-7-4-3-5-8-17/h3-5,7-8,11-15,19-22H,6,9-10H2,1-2H3,(H,25,27)/b24-15-/t19-,20-,21?,22?/m0/s1. The zero-order chi connectivity index (χ0) is 18.8. The van der Waals surface area contributed by atoms with Crippen molar-refractivity contribution in [2.24, 2.45) is 22.9 Å². The summed E-state index contributed by atoms with van der Waals surface area (Å²) in [6, 6.07) is 18.8. The lowest BCUT2D eigenvalue weighted by Gasteiger charge is -2.55. The molecule has 0 aliphatic heterocycles. The molecule has 2 atom stereocenters. The smallest absolute Gasteiger partial charge is 0.243 e. The van der Waals surface area contributed by atoms with Crippen LogP contribution in [0.2, 0.25) is 0 Å². The van der Waals surface area contributed by atoms with Crippen LogP contribution in [0.1, 0.15) is 36.3 Å². The quantitative estimate of drug-likeness (QED) is 0.645. The van der Waals surface area contributed by atoms with Gasteiger partial charge in [0.25, 0.3) is 0 Å². The lowest BCUT2D eigenvalue weighted by molar-refractivity contribution is -0.140. The second-order valence-electron chi connectivity index (χ2n) is 7.94. The number of amides is 1. The van der Waals surface area contributed by atoms with E-state index < -0.39 is 0 Å². The van der Waals surface area contributed by atoms with E-state index in [9.17, 15) is 4.79 Å². The van der Waals surface area contributed by atoms with Gasteiger partial charge < -0.3 is 4.90 Å². The van der Waals surface area contributed by atoms with Crippen molar-refractivity contribution in [2.45, 2.75) is 25.2 Å². The van der Waals surface area contributed by atoms with Crippen molar-refractivity contribution in [2.75, 3.05) is 19.0 Å². The molecule has 2 aliphatic rings. The summed E-state index contributed by atoms with van der Waals surface area (Å²) in [5.41, 5.74) is 6.31. The van der Waals surface area contributed by atoms with Crippen LogP contribution in [0.15, 0.2) is 59.7 Å². The first-order valence-corrected chi connectivity index (χ1v) is 9.80. The van der Waals surface area contributed by atoms with Crippen molar-refractivity contribution in [1.29, 1.82) is 0 Å². The lowest BCUT2D eigenvalue weighted by Crippen LogP contribution is -2.54. The molecule has 2 aromatic rings. The zero-order valence-corrected chi connectivity index (χ0v) is 16.0. The van der Waals surface area contributed by atoms with E-state index in [1.54, 1.807) is 6.21 Å². The Bertz CT molecular complexity index is 801. The van der Waals surface area contributed by atoms with Crippen LogP contribution in [-0.2, 0) is 4.79 Å². The number of nitrogens with zero attached hydrogens (tertiary/aromatic N) is 2. The number of fused-ring (bicyclic) bond motifs is 2. The average Bonchev–Trinajstić information content (AvgIpc) is 2.69. The minimum Gasteiger partial charge on any atom is -0.378 e. The van der Waals surface area contributed by atoms with Gasteiger partial charge in [-0.05, 0) is 53.9 Å². The van der Waals surface area contributed by atoms with E-state index >= 15 is 0 Å². The fraction of sp³-hybridized carbons (Fsp3) is 0.391. The first-order chi connectivity index (χ1) is 13.1. The highest BCUT2D eigenvalue weighted by Crippen LogP contribution is 2.59. The lowest BCUT2D eigenvalue weighted by atomic mass is 9.48. The monoisotopic (exact) mass is 361 g/mol. The summed E-state index contributed by atoms with van der Waals surface area (Å²) in [5.74, 6) is 1.65. The Morgan fingerprint density at radius 3 is 2.33 bits per heavy atom. The number of benzene rings is 2. The molecule has 0 saturated heterocycles. The highest BCUT2D eigenvalue weighted by molar-refractivity contribution is 5.84. The van der Waals surface area contributed by atoms with Crippen molar-refractivity contribution in [1.82, 2.24) is 5.43 Å². The van der Waals surface area contributed by atoms with Gasteiger partial charge in [-0.3, -0.25) is 4.79 Å². The first kappa shape index (κ1) is 17.8. The first-order valence-electron chi connectivity index (χ1n) is 9.80. The van der Waals surface area contributed by atoms with Gasteiger partial charge in [-0.2, -0.15) is 5.10 Å². The van der Waals surface area contributed by atoms with Crippen LogP contribution in [0.25, 0.3) is 0 Å². The van der Waals surface area contributed by atoms with Gasteiger partial charge in [-0.25, -0.2) is 5.43 Å². The molecule has 2 bridgehead atoms. The third-order valence-corrected chi connectivity index (χ3v) is 6.21. The minimum absolute atomic E-state index is 0.0815. The number of nitrogens with one attached hydrogen (secondary N) is 1. The molecular formula is C23H27N3O. The Labute approximate surface area is 161 Å². The number of anilines is 1. The van der Waals surface area contributed by atoms with E-state index in [0.29, 0.717) is 17.8 Å². The van der Waals surface area contributed by atoms with Crippen LogP contribution in [0.4, 0.5) is 5.69 Å². The van der Waals surface area contributed by atoms with Crippen LogP contribution >= 0.6 is 0 Å². The number of hydrogen-bond donors (Lipinski definition) is 1. The Balaban J connectivity index is 1.38. The summed E-state index contributed by atoms with van der Waals surface area (Å²) >= 11 is 0. The van der Waals surface area contributed by atoms with E-state index in [0.717, 1.165) is 24.1 Å². The van der Waals surface area contributed by atoms with Crippen LogP contribution in [-0.4, -0.2) is 26.2 Å². The molecule has 0 spiro atoms. The Kier molecular flexibility index (Phi) is 4.97. The molecule has 0 aromatic heterocycles. The van der Waals surface area contributed by atoms with Crippen molar-refractivity contribution < 1.29 is 4.79 Å². The molecule has 2 aromatic carbocycles. The number of rotatable bonds is 5. The largest absolute Gasteiger partial charge is 0.378 e. The van der Waals surface area contributed by atoms with Crippen LogP contribution in [0.5, 0.6) is 0 Å². The van der Waals surface area contributed by atoms with Gasteiger partial charge >= 0.3 is 0 Å². The Hall–Kier alpha value is -2.62. The molecule has 0 unspecified atom stereocenters. The predicted molar refractivity (Wildman–Crippen MR) is 110 cm³/mol. The molecule has 4 heteroatoms. The number of carbonyl (C=O) groups excluding carboxylic acids is 1. The zero-order valence-electron chi connectivity index (χ0n) is 16.0. The van der Waals surface area contributed by atoms with Crippen molar-refractivity contribution in [3.05, 3.63) is 65.7 Å². The molecule has 0 radical (unpaired) electrons. The highest BCUT2D eigenvalue weighted by atomic mass is 16.2. The molecule has 1 amide bonds. The van der Waals surface area contributed by atoms with Crippen molar-refractivity contribution >= 4 is 17.8 Å². The molecule has 2 saturated carbocycles. The van der Waals surface area contributed by atoms with Gasteiger partial charge in [0.05, 0.1) is 6.21 Å². The molecule has 2 aliphatic carbocycles. The van der Waals surface area contributed by atoms with Gasteiger partial charge in [0.1, 0.15) is 0 Å². The topological polar surface area (TPSA) is 44.7 Å². The summed E-state index contributed by atoms with van der Waals surface area (Å²) < 4.78 is 0. The normalized spacial score (nSPS) is 26.4.